The molecule has 38 heavy (non-hydrogen) atoms. The maximum absolute atomic E-state index is 11.8. The summed E-state index contributed by atoms with van der Waals surface area (Å²) in [6.45, 7) is 12.6. The maximum Gasteiger partial charge on any atom is 0.129 e. The second-order valence-corrected chi connectivity index (χ2v) is 9.74. The van der Waals surface area contributed by atoms with Gasteiger partial charge in [0.15, 0.2) is 0 Å². The standard InChI is InChI=1S/C30H33N5O2.Na/c1-7-22-19(5)26-14-24-17(3)11-20(32-24)13-21-12-18(4)25(33-21)15-28-23(9-10-31-37-8-2)30(6,36)29(35-28)16-27(22)34-26;/h9-16,31,35-36H,7-8H2,1-6H3;. The van der Waals surface area contributed by atoms with Gasteiger partial charge in [0.1, 0.15) is 5.60 Å². The van der Waals surface area contributed by atoms with E-state index in [0.29, 0.717) is 17.9 Å². The number of aliphatic imine (C=N–C) groups is 3. The Morgan fingerprint density at radius 2 is 1.74 bits per heavy atom. The Morgan fingerprint density at radius 3 is 2.47 bits per heavy atom. The first-order chi connectivity index (χ1) is 17.7. The van der Waals surface area contributed by atoms with Gasteiger partial charge in [-0.1, -0.05) is 6.92 Å². The van der Waals surface area contributed by atoms with Crippen LogP contribution in [-0.2, 0) is 4.84 Å². The van der Waals surface area contributed by atoms with Crippen LogP contribution in [0.5, 0.6) is 0 Å². The minimum atomic E-state index is -1.28. The van der Waals surface area contributed by atoms with E-state index in [1.807, 2.05) is 38.2 Å². The average Bonchev–Trinajstić information content (AvgIpc) is 3.52. The van der Waals surface area contributed by atoms with Crippen LogP contribution in [0.1, 0.15) is 48.0 Å². The van der Waals surface area contributed by atoms with Gasteiger partial charge in [0.25, 0.3) is 0 Å². The minimum Gasteiger partial charge on any atom is -0.379 e. The van der Waals surface area contributed by atoms with Gasteiger partial charge in [0, 0.05) is 47.0 Å². The molecule has 0 aromatic rings. The van der Waals surface area contributed by atoms with Crippen LogP contribution in [0.4, 0.5) is 0 Å². The van der Waals surface area contributed by atoms with E-state index in [4.69, 9.17) is 19.8 Å². The number of nitrogens with zero attached hydrogens (tertiary/aromatic N) is 3. The molecule has 5 aliphatic heterocycles. The van der Waals surface area contributed by atoms with E-state index in [1.165, 1.54) is 0 Å². The van der Waals surface area contributed by atoms with Gasteiger partial charge < -0.3 is 10.4 Å². The SMILES string of the molecule is CCONC=CC1=C2C=C3N=C(C=C4C=C(C)C(=N4)C=C4N=C(C=C(N2)C1(C)O)C(CC)=C4C)C=C3C.[Na]. The van der Waals surface area contributed by atoms with Crippen molar-refractivity contribution in [2.45, 2.75) is 53.6 Å². The molecule has 3 N–H and O–H groups in total. The minimum absolute atomic E-state index is 0. The fourth-order valence-corrected chi connectivity index (χ4v) is 4.97. The van der Waals surface area contributed by atoms with Gasteiger partial charge in [-0.05, 0) is 106 Å². The van der Waals surface area contributed by atoms with Crippen molar-refractivity contribution in [1.29, 1.82) is 0 Å². The van der Waals surface area contributed by atoms with E-state index >= 15 is 0 Å². The number of fused-ring (bicyclic) bond motifs is 5. The van der Waals surface area contributed by atoms with Crippen molar-refractivity contribution < 1.29 is 9.94 Å². The van der Waals surface area contributed by atoms with Crippen LogP contribution in [-0.4, -0.2) is 64.0 Å². The molecule has 5 aliphatic rings. The Kier molecular flexibility index (Phi) is 8.26. The van der Waals surface area contributed by atoms with Crippen molar-refractivity contribution in [3.05, 3.63) is 105 Å². The largest absolute Gasteiger partial charge is 0.379 e. The van der Waals surface area contributed by atoms with Crippen molar-refractivity contribution in [3.63, 3.8) is 0 Å². The maximum atomic E-state index is 11.8. The summed E-state index contributed by atoms with van der Waals surface area (Å²) in [5, 5.41) is 15.2. The molecule has 7 nitrogen and oxygen atoms in total. The molecule has 0 spiro atoms. The summed E-state index contributed by atoms with van der Waals surface area (Å²) in [5.41, 5.74) is 13.2. The predicted molar refractivity (Wildman–Crippen MR) is 156 cm³/mol. The molecule has 8 bridgehead atoms. The zero-order valence-corrected chi connectivity index (χ0v) is 25.2. The summed E-state index contributed by atoms with van der Waals surface area (Å²) in [6.07, 6.45) is 16.5. The predicted octanol–water partition coefficient (Wildman–Crippen LogP) is 4.80. The molecular weight excluding hydrogens is 485 g/mol. The quantitative estimate of drug-likeness (QED) is 0.277. The molecule has 0 aromatic heterocycles. The number of allylic oxidation sites excluding steroid dienone is 10. The zero-order valence-electron chi connectivity index (χ0n) is 23.2. The Labute approximate surface area is 246 Å². The first-order valence-electron chi connectivity index (χ1n) is 12.7. The summed E-state index contributed by atoms with van der Waals surface area (Å²) in [5.74, 6) is 0. The topological polar surface area (TPSA) is 90.6 Å². The van der Waals surface area contributed by atoms with E-state index < -0.39 is 5.60 Å². The molecular formula is C30H33N5NaO2. The summed E-state index contributed by atoms with van der Waals surface area (Å²) in [6, 6.07) is 0. The normalized spacial score (nSPS) is 24.1. The molecule has 5 rings (SSSR count). The van der Waals surface area contributed by atoms with Crippen LogP contribution in [0.25, 0.3) is 0 Å². The summed E-state index contributed by atoms with van der Waals surface area (Å²) in [4.78, 5) is 19.9. The molecule has 5 heterocycles. The monoisotopic (exact) mass is 518 g/mol. The van der Waals surface area contributed by atoms with Gasteiger partial charge >= 0.3 is 0 Å². The third kappa shape index (κ3) is 5.22. The van der Waals surface area contributed by atoms with Crippen molar-refractivity contribution in [1.82, 2.24) is 10.8 Å². The van der Waals surface area contributed by atoms with Crippen molar-refractivity contribution in [2.24, 2.45) is 15.0 Å². The van der Waals surface area contributed by atoms with Crippen LogP contribution in [0.15, 0.2) is 120 Å². The van der Waals surface area contributed by atoms with E-state index in [2.05, 4.69) is 49.8 Å². The van der Waals surface area contributed by atoms with Gasteiger partial charge in [-0.25, -0.2) is 15.0 Å². The van der Waals surface area contributed by atoms with Crippen LogP contribution in [0.3, 0.4) is 0 Å². The average molecular weight is 519 g/mol. The molecule has 0 aliphatic carbocycles. The Morgan fingerprint density at radius 1 is 0.947 bits per heavy atom. The van der Waals surface area contributed by atoms with Crippen molar-refractivity contribution >= 4 is 46.7 Å². The Bertz CT molecular complexity index is 1450. The third-order valence-corrected chi connectivity index (χ3v) is 7.06. The Hall–Kier alpha value is -2.81. The molecule has 0 saturated carbocycles. The molecule has 1 atom stereocenters. The number of nitrogens with one attached hydrogen (secondary N) is 2. The second kappa shape index (κ2) is 11.1. The summed E-state index contributed by atoms with van der Waals surface area (Å²) in [7, 11) is 0. The van der Waals surface area contributed by atoms with Crippen LogP contribution in [0.2, 0.25) is 0 Å². The molecule has 0 amide bonds. The summed E-state index contributed by atoms with van der Waals surface area (Å²) < 4.78 is 0. The van der Waals surface area contributed by atoms with Gasteiger partial charge in [0.2, 0.25) is 0 Å². The molecule has 191 valence electrons. The molecule has 0 fully saturated rings. The number of aliphatic hydroxyl groups is 1. The van der Waals surface area contributed by atoms with Crippen molar-refractivity contribution in [2.75, 3.05) is 6.61 Å². The number of hydroxylamine groups is 1. The van der Waals surface area contributed by atoms with E-state index in [0.717, 1.165) is 68.6 Å². The number of hydrogen-bond donors (Lipinski definition) is 3. The van der Waals surface area contributed by atoms with Crippen LogP contribution >= 0.6 is 0 Å². The van der Waals surface area contributed by atoms with E-state index in [9.17, 15) is 5.11 Å². The number of hydrogen-bond acceptors (Lipinski definition) is 7. The molecule has 1 radical (unpaired) electrons. The van der Waals surface area contributed by atoms with Crippen molar-refractivity contribution in [3.8, 4) is 0 Å². The first kappa shape index (κ1) is 28.2. The fourth-order valence-electron chi connectivity index (χ4n) is 4.97. The zero-order chi connectivity index (χ0) is 26.3. The van der Waals surface area contributed by atoms with Gasteiger partial charge in [-0.2, -0.15) is 0 Å². The van der Waals surface area contributed by atoms with Gasteiger partial charge in [0.05, 0.1) is 46.5 Å². The van der Waals surface area contributed by atoms with Crippen LogP contribution < -0.4 is 10.8 Å². The molecule has 8 heteroatoms. The molecule has 0 saturated heterocycles. The molecule has 1 unspecified atom stereocenters. The van der Waals surface area contributed by atoms with E-state index in [1.54, 1.807) is 13.1 Å². The fraction of sp³-hybridized carbons (Fsp3) is 0.300. The third-order valence-electron chi connectivity index (χ3n) is 7.06. The van der Waals surface area contributed by atoms with Gasteiger partial charge in [-0.3, -0.25) is 10.3 Å². The molecule has 0 aromatic carbocycles. The smallest absolute Gasteiger partial charge is 0.129 e. The Balaban J connectivity index is 0.00000336. The van der Waals surface area contributed by atoms with E-state index in [-0.39, 0.29) is 29.6 Å². The second-order valence-electron chi connectivity index (χ2n) is 9.74. The number of rotatable bonds is 5. The van der Waals surface area contributed by atoms with Crippen LogP contribution in [0, 0.1) is 0 Å². The first-order valence-corrected chi connectivity index (χ1v) is 12.7. The van der Waals surface area contributed by atoms with Gasteiger partial charge in [-0.15, -0.1) is 0 Å². The summed E-state index contributed by atoms with van der Waals surface area (Å²) >= 11 is 0.